The first-order chi connectivity index (χ1) is 35.4. The fourth-order valence-electron chi connectivity index (χ4n) is 13.7. The number of carbonyl (C=O) groups excluding carboxylic acids is 3. The normalized spacial score (nSPS) is 25.3. The molecule has 8 aliphatic rings. The van der Waals surface area contributed by atoms with Gasteiger partial charge in [0.25, 0.3) is 5.91 Å². The second-order valence-corrected chi connectivity index (χ2v) is 22.6. The van der Waals surface area contributed by atoms with E-state index in [0.717, 1.165) is 88.8 Å². The minimum atomic E-state index is -1.09. The van der Waals surface area contributed by atoms with Crippen LogP contribution in [0.15, 0.2) is 48.7 Å². The van der Waals surface area contributed by atoms with E-state index in [-0.39, 0.29) is 63.4 Å². The Balaban J connectivity index is 0.631. The van der Waals surface area contributed by atoms with Gasteiger partial charge in [0.1, 0.15) is 23.1 Å². The molecule has 382 valence electrons. The van der Waals surface area contributed by atoms with Crippen LogP contribution in [0.3, 0.4) is 0 Å². The summed E-state index contributed by atoms with van der Waals surface area (Å²) in [6, 6.07) is 12.2. The van der Waals surface area contributed by atoms with Crippen LogP contribution in [0.1, 0.15) is 93.0 Å². The molecule has 4 N–H and O–H groups in total. The van der Waals surface area contributed by atoms with Crippen molar-refractivity contribution in [3.8, 4) is 17.3 Å². The minimum absolute atomic E-state index is 0.0174. The predicted octanol–water partition coefficient (Wildman–Crippen LogP) is 6.55. The molecular formula is C55H62F3N11O4. The lowest BCUT2D eigenvalue weighted by molar-refractivity contribution is -0.136. The number of carbonyl (C=O) groups is 3. The number of rotatable bonds is 10. The van der Waals surface area contributed by atoms with E-state index in [0.29, 0.717) is 78.4 Å². The van der Waals surface area contributed by atoms with E-state index >= 15 is 8.78 Å². The lowest BCUT2D eigenvalue weighted by Crippen LogP contribution is -2.52. The molecular weight excluding hydrogens is 936 g/mol. The number of piperidine rings is 2. The third-order valence-electron chi connectivity index (χ3n) is 18.1. The van der Waals surface area contributed by atoms with Gasteiger partial charge in [-0.2, -0.15) is 9.97 Å². The van der Waals surface area contributed by atoms with Crippen molar-refractivity contribution < 1.29 is 32.3 Å². The van der Waals surface area contributed by atoms with E-state index in [4.69, 9.17) is 20.4 Å². The van der Waals surface area contributed by atoms with Crippen molar-refractivity contribution in [3.63, 3.8) is 0 Å². The second-order valence-electron chi connectivity index (χ2n) is 22.6. The third-order valence-corrected chi connectivity index (χ3v) is 18.1. The number of hydrogen-bond donors (Lipinski definition) is 3. The van der Waals surface area contributed by atoms with Crippen LogP contribution in [0, 0.1) is 28.3 Å². The second kappa shape index (κ2) is 18.1. The van der Waals surface area contributed by atoms with Gasteiger partial charge in [0, 0.05) is 116 Å². The van der Waals surface area contributed by atoms with Crippen LogP contribution in [0.5, 0.6) is 6.01 Å². The fourth-order valence-corrected chi connectivity index (χ4v) is 13.7. The average molecular weight is 998 g/mol. The predicted molar refractivity (Wildman–Crippen MR) is 271 cm³/mol. The minimum Gasteiger partial charge on any atom is -0.463 e. The molecule has 73 heavy (non-hydrogen) atoms. The number of imide groups is 1. The number of likely N-dealkylation sites (tertiary alicyclic amines) is 1. The molecule has 5 saturated heterocycles. The smallest absolute Gasteiger partial charge is 0.319 e. The Morgan fingerprint density at radius 1 is 0.781 bits per heavy atom. The Labute approximate surface area is 422 Å². The zero-order valence-electron chi connectivity index (χ0n) is 41.1. The number of ether oxygens (including phenoxy) is 1. The van der Waals surface area contributed by atoms with Gasteiger partial charge in [-0.15, -0.1) is 0 Å². The van der Waals surface area contributed by atoms with Crippen LogP contribution in [-0.4, -0.2) is 137 Å². The summed E-state index contributed by atoms with van der Waals surface area (Å²) in [7, 11) is 0. The van der Waals surface area contributed by atoms with E-state index in [1.54, 1.807) is 4.90 Å². The molecule has 3 amide bonds. The van der Waals surface area contributed by atoms with Crippen LogP contribution in [-0.2, 0) is 16.1 Å². The summed E-state index contributed by atoms with van der Waals surface area (Å²) in [6.45, 7) is 9.15. The van der Waals surface area contributed by atoms with Gasteiger partial charge in [-0.25, -0.2) is 13.2 Å². The summed E-state index contributed by atoms with van der Waals surface area (Å²) in [5.74, 6) is -3.15. The molecule has 15 nitrogen and oxygen atoms in total. The topological polar surface area (TPSA) is 165 Å². The molecule has 18 heteroatoms. The first-order valence-electron chi connectivity index (χ1n) is 26.5. The maximum Gasteiger partial charge on any atom is 0.319 e. The Morgan fingerprint density at radius 3 is 2.29 bits per heavy atom. The molecule has 2 saturated carbocycles. The number of hydrogen-bond acceptors (Lipinski definition) is 13. The number of aromatic nitrogens is 3. The van der Waals surface area contributed by atoms with Crippen molar-refractivity contribution in [3.05, 3.63) is 77.2 Å². The van der Waals surface area contributed by atoms with E-state index in [9.17, 15) is 18.8 Å². The van der Waals surface area contributed by atoms with Gasteiger partial charge < -0.3 is 35.4 Å². The van der Waals surface area contributed by atoms with E-state index in [1.807, 2.05) is 12.1 Å². The van der Waals surface area contributed by atoms with Gasteiger partial charge in [0.2, 0.25) is 11.8 Å². The first-order valence-corrected chi connectivity index (χ1v) is 26.5. The van der Waals surface area contributed by atoms with Crippen LogP contribution >= 0.6 is 0 Å². The monoisotopic (exact) mass is 997 g/mol. The number of anilines is 3. The van der Waals surface area contributed by atoms with Crippen LogP contribution < -0.4 is 30.9 Å². The SMILES string of the molecule is Nc1cc(-c2ncc3c(N4CC5CCC(C4)N5)nc(OCC4(CN5CCC6(CCC(N7CCN(c8ccc9c(c8)CN([C@H]8CCC(=O)NC8=O)C9=O)CC7)CC6)CC5)CC4)nc3c2F)c2c(F)c(F)ccc2c1. The van der Waals surface area contributed by atoms with E-state index < -0.39 is 23.5 Å². The lowest BCUT2D eigenvalue weighted by Gasteiger charge is -2.49. The van der Waals surface area contributed by atoms with Crippen molar-refractivity contribution in [2.24, 2.45) is 10.8 Å². The van der Waals surface area contributed by atoms with Gasteiger partial charge in [0.15, 0.2) is 17.5 Å². The summed E-state index contributed by atoms with van der Waals surface area (Å²) in [5, 5.41) is 6.73. The number of nitrogens with two attached hydrogens (primary N) is 1. The number of nitrogen functional groups attached to an aromatic ring is 1. The van der Waals surface area contributed by atoms with Gasteiger partial charge in [-0.1, -0.05) is 6.07 Å². The molecule has 5 aromatic rings. The summed E-state index contributed by atoms with van der Waals surface area (Å²) >= 11 is 0. The van der Waals surface area contributed by atoms with Crippen LogP contribution in [0.4, 0.5) is 30.4 Å². The molecule has 1 spiro atoms. The number of fused-ring (bicyclic) bond motifs is 5. The fraction of sp³-hybridized carbons (Fsp3) is 0.527. The quantitative estimate of drug-likeness (QED) is 0.102. The highest BCUT2D eigenvalue weighted by Gasteiger charge is 2.48. The summed E-state index contributed by atoms with van der Waals surface area (Å²) in [6.07, 6.45) is 13.7. The van der Waals surface area contributed by atoms with Crippen LogP contribution in [0.25, 0.3) is 32.9 Å². The molecule has 6 aliphatic heterocycles. The third kappa shape index (κ3) is 8.60. The molecule has 3 atom stereocenters. The number of nitrogens with zero attached hydrogens (tertiary/aromatic N) is 8. The Hall–Kier alpha value is -6.11. The number of halogens is 3. The van der Waals surface area contributed by atoms with Crippen LogP contribution in [0.2, 0.25) is 0 Å². The van der Waals surface area contributed by atoms with Gasteiger partial charge in [-0.05, 0) is 136 Å². The van der Waals surface area contributed by atoms with Gasteiger partial charge in [0.05, 0.1) is 12.0 Å². The molecule has 8 heterocycles. The Bertz CT molecular complexity index is 3040. The molecule has 0 radical (unpaired) electrons. The average Bonchev–Trinajstić information content (AvgIpc) is 3.98. The first kappa shape index (κ1) is 46.7. The highest BCUT2D eigenvalue weighted by molar-refractivity contribution is 6.06. The number of benzene rings is 3. The number of pyridine rings is 1. The Morgan fingerprint density at radius 2 is 1.55 bits per heavy atom. The van der Waals surface area contributed by atoms with Gasteiger partial charge in [-0.3, -0.25) is 29.6 Å². The van der Waals surface area contributed by atoms with Crippen molar-refractivity contribution in [2.75, 3.05) is 81.0 Å². The summed E-state index contributed by atoms with van der Waals surface area (Å²) in [4.78, 5) is 63.2. The molecule has 2 aromatic heterocycles. The zero-order valence-corrected chi connectivity index (χ0v) is 41.1. The molecule has 2 aliphatic carbocycles. The molecule has 7 fully saturated rings. The van der Waals surface area contributed by atoms with E-state index in [2.05, 4.69) is 41.3 Å². The molecule has 2 bridgehead atoms. The highest BCUT2D eigenvalue weighted by atomic mass is 19.2. The molecule has 3 aromatic carbocycles. The van der Waals surface area contributed by atoms with Crippen molar-refractivity contribution in [1.29, 1.82) is 0 Å². The maximum absolute atomic E-state index is 17.1. The number of amides is 3. The highest BCUT2D eigenvalue weighted by Crippen LogP contribution is 2.50. The summed E-state index contributed by atoms with van der Waals surface area (Å²) < 4.78 is 53.6. The lowest BCUT2D eigenvalue weighted by atomic mass is 9.66. The Kier molecular flexibility index (Phi) is 11.6. The maximum atomic E-state index is 17.1. The van der Waals surface area contributed by atoms with Crippen molar-refractivity contribution in [1.82, 2.24) is 40.3 Å². The van der Waals surface area contributed by atoms with Gasteiger partial charge >= 0.3 is 6.01 Å². The number of piperazine rings is 2. The van der Waals surface area contributed by atoms with Crippen molar-refractivity contribution in [2.45, 2.75) is 108 Å². The standard InChI is InChI=1S/C55H62F3N11O4/c56-42-6-1-32-23-34(59)25-40(45(32)46(42)57)48-47(58)49-41(26-60-48)50(68-28-35-2-3-36(29-68)61-35)64-53(63-49)73-31-55(13-14-55)30-65-17-15-54(16-18-65)11-9-37(10-12-54)66-19-21-67(22-20-66)38-4-5-39-33(24-38)27-69(52(39)72)43-7-8-44(70)62-51(43)71/h1,4-6,23-26,35-37,43,61H,2-3,7-22,27-31,59H2,(H,62,70,71)/t35?,36?,43-/m0/s1. The van der Waals surface area contributed by atoms with Crippen molar-refractivity contribution >= 4 is 56.6 Å². The summed E-state index contributed by atoms with van der Waals surface area (Å²) in [5.41, 5.74) is 9.44. The number of nitrogens with one attached hydrogen (secondary N) is 2. The molecule has 2 unspecified atom stereocenters. The molecule has 13 rings (SSSR count). The zero-order chi connectivity index (χ0) is 49.8. The van der Waals surface area contributed by atoms with E-state index in [1.165, 1.54) is 62.9 Å². The largest absolute Gasteiger partial charge is 0.463 e.